The fraction of sp³-hybridized carbons (Fsp3) is 0.217. The lowest BCUT2D eigenvalue weighted by Gasteiger charge is -2.56. The molecule has 5 rings (SSSR count). The van der Waals surface area contributed by atoms with E-state index in [1.165, 1.54) is 22.5 Å². The quantitative estimate of drug-likeness (QED) is 0.590. The second kappa shape index (κ2) is 6.29. The third-order valence-electron chi connectivity index (χ3n) is 5.86. The van der Waals surface area contributed by atoms with Gasteiger partial charge in [0.25, 0.3) is 0 Å². The molecule has 2 unspecified atom stereocenters. The Bertz CT molecular complexity index is 945. The summed E-state index contributed by atoms with van der Waals surface area (Å²) < 4.78 is 0. The monoisotopic (exact) mass is 375 g/mol. The Balaban J connectivity index is 1.70. The standard InChI is InChI=1S/C23H22ClN3/c1-25-20-13-7-4-10-17(20)23-26(2)21-14-8-5-11-18(21)22(25)27(23)15-16-9-3-6-12-19(16)24/h3-14,22-23H,15H2,1-2H3. The van der Waals surface area contributed by atoms with Gasteiger partial charge in [-0.05, 0) is 23.8 Å². The van der Waals surface area contributed by atoms with Crippen molar-refractivity contribution in [2.75, 3.05) is 23.9 Å². The number of para-hydroxylation sites is 2. The third-order valence-corrected chi connectivity index (χ3v) is 6.23. The summed E-state index contributed by atoms with van der Waals surface area (Å²) in [5, 5.41) is 0.827. The van der Waals surface area contributed by atoms with E-state index in [-0.39, 0.29) is 12.3 Å². The Hall–Kier alpha value is -2.49. The number of hydrogen-bond donors (Lipinski definition) is 0. The molecule has 0 aliphatic carbocycles. The number of benzene rings is 3. The van der Waals surface area contributed by atoms with Gasteiger partial charge in [0, 0.05) is 48.2 Å². The van der Waals surface area contributed by atoms with Gasteiger partial charge >= 0.3 is 0 Å². The average molecular weight is 376 g/mol. The Kier molecular flexibility index (Phi) is 3.88. The van der Waals surface area contributed by atoms with Gasteiger partial charge in [0.05, 0.1) is 0 Å². The van der Waals surface area contributed by atoms with Crippen LogP contribution in [0.5, 0.6) is 0 Å². The van der Waals surface area contributed by atoms with E-state index in [0.29, 0.717) is 0 Å². The molecule has 2 heterocycles. The summed E-state index contributed by atoms with van der Waals surface area (Å²) in [7, 11) is 4.39. The molecule has 0 fully saturated rings. The highest BCUT2D eigenvalue weighted by Gasteiger charge is 2.45. The van der Waals surface area contributed by atoms with Gasteiger partial charge in [0.2, 0.25) is 0 Å². The molecule has 0 spiro atoms. The van der Waals surface area contributed by atoms with E-state index in [0.717, 1.165) is 17.1 Å². The number of nitrogens with zero attached hydrogens (tertiary/aromatic N) is 3. The van der Waals surface area contributed by atoms with E-state index in [4.69, 9.17) is 11.6 Å². The molecule has 4 heteroatoms. The lowest BCUT2D eigenvalue weighted by Crippen LogP contribution is -2.54. The molecule has 2 aliphatic heterocycles. The molecule has 0 N–H and O–H groups in total. The SMILES string of the molecule is CN1c2ccccc2C2N(C)c3ccccc3C1N2Cc1ccccc1Cl. The molecule has 0 amide bonds. The maximum Gasteiger partial charge on any atom is 0.112 e. The number of hydrogen-bond acceptors (Lipinski definition) is 3. The van der Waals surface area contributed by atoms with E-state index in [2.05, 4.69) is 89.5 Å². The molecule has 27 heavy (non-hydrogen) atoms. The van der Waals surface area contributed by atoms with Gasteiger partial charge in [-0.15, -0.1) is 0 Å². The average Bonchev–Trinajstić information content (AvgIpc) is 2.69. The molecule has 2 atom stereocenters. The summed E-state index contributed by atoms with van der Waals surface area (Å²) in [6.07, 6.45) is 0.349. The molecule has 2 bridgehead atoms. The molecule has 3 aromatic carbocycles. The second-order valence-electron chi connectivity index (χ2n) is 7.35. The summed E-state index contributed by atoms with van der Waals surface area (Å²) in [5.74, 6) is 0. The van der Waals surface area contributed by atoms with E-state index in [1.54, 1.807) is 0 Å². The molecule has 0 radical (unpaired) electrons. The molecule has 2 aliphatic rings. The highest BCUT2D eigenvalue weighted by molar-refractivity contribution is 6.31. The Labute approximate surface area is 165 Å². The molecule has 0 saturated carbocycles. The van der Waals surface area contributed by atoms with Gasteiger partial charge in [-0.1, -0.05) is 66.2 Å². The van der Waals surface area contributed by atoms with Gasteiger partial charge in [-0.2, -0.15) is 0 Å². The number of halogens is 1. The van der Waals surface area contributed by atoms with Crippen LogP contribution in [0.15, 0.2) is 72.8 Å². The summed E-state index contributed by atoms with van der Waals surface area (Å²) >= 11 is 6.52. The van der Waals surface area contributed by atoms with Crippen molar-refractivity contribution in [3.8, 4) is 0 Å². The molecule has 0 saturated heterocycles. The van der Waals surface area contributed by atoms with Gasteiger partial charge in [-0.25, -0.2) is 0 Å². The van der Waals surface area contributed by atoms with Crippen LogP contribution in [0.1, 0.15) is 29.0 Å². The first kappa shape index (κ1) is 16.7. The minimum atomic E-state index is 0.175. The van der Waals surface area contributed by atoms with Crippen molar-refractivity contribution in [1.29, 1.82) is 0 Å². The molecule has 3 aromatic rings. The number of anilines is 2. The van der Waals surface area contributed by atoms with Crippen LogP contribution >= 0.6 is 11.6 Å². The van der Waals surface area contributed by atoms with Crippen molar-refractivity contribution in [3.63, 3.8) is 0 Å². The first-order valence-corrected chi connectivity index (χ1v) is 9.67. The molecule has 136 valence electrons. The summed E-state index contributed by atoms with van der Waals surface area (Å²) in [5.41, 5.74) is 6.42. The zero-order valence-electron chi connectivity index (χ0n) is 15.5. The first-order chi connectivity index (χ1) is 13.2. The molecule has 0 aromatic heterocycles. The number of fused-ring (bicyclic) bond motifs is 6. The highest BCUT2D eigenvalue weighted by Crippen LogP contribution is 2.52. The van der Waals surface area contributed by atoms with Crippen molar-refractivity contribution in [1.82, 2.24) is 4.90 Å². The van der Waals surface area contributed by atoms with Crippen LogP contribution in [0, 0.1) is 0 Å². The van der Waals surface area contributed by atoms with Crippen molar-refractivity contribution in [2.24, 2.45) is 0 Å². The fourth-order valence-electron chi connectivity index (χ4n) is 4.67. The van der Waals surface area contributed by atoms with Crippen molar-refractivity contribution < 1.29 is 0 Å². The topological polar surface area (TPSA) is 9.72 Å². The number of rotatable bonds is 2. The first-order valence-electron chi connectivity index (χ1n) is 9.29. The predicted molar refractivity (Wildman–Crippen MR) is 112 cm³/mol. The zero-order chi connectivity index (χ0) is 18.5. The smallest absolute Gasteiger partial charge is 0.112 e. The van der Waals surface area contributed by atoms with E-state index in [1.807, 2.05) is 12.1 Å². The van der Waals surface area contributed by atoms with Crippen LogP contribution in [0.2, 0.25) is 5.02 Å². The van der Waals surface area contributed by atoms with Crippen molar-refractivity contribution in [3.05, 3.63) is 94.5 Å². The van der Waals surface area contributed by atoms with E-state index < -0.39 is 0 Å². The minimum Gasteiger partial charge on any atom is -0.354 e. The molecular weight excluding hydrogens is 354 g/mol. The van der Waals surface area contributed by atoms with Crippen molar-refractivity contribution in [2.45, 2.75) is 18.9 Å². The van der Waals surface area contributed by atoms with E-state index in [9.17, 15) is 0 Å². The maximum atomic E-state index is 6.52. The lowest BCUT2D eigenvalue weighted by atomic mass is 9.93. The largest absolute Gasteiger partial charge is 0.354 e. The fourth-order valence-corrected chi connectivity index (χ4v) is 4.86. The van der Waals surface area contributed by atoms with Crippen LogP contribution in [0.4, 0.5) is 11.4 Å². The van der Waals surface area contributed by atoms with Crippen LogP contribution in [-0.2, 0) is 6.54 Å². The van der Waals surface area contributed by atoms with Crippen molar-refractivity contribution >= 4 is 23.0 Å². The summed E-state index contributed by atoms with van der Waals surface area (Å²) in [6, 6.07) is 25.6. The van der Waals surface area contributed by atoms with Crippen LogP contribution in [0.3, 0.4) is 0 Å². The van der Waals surface area contributed by atoms with Crippen LogP contribution < -0.4 is 9.80 Å². The third kappa shape index (κ3) is 2.46. The maximum absolute atomic E-state index is 6.52. The Morgan fingerprint density at radius 3 is 1.74 bits per heavy atom. The van der Waals surface area contributed by atoms with Crippen LogP contribution in [0.25, 0.3) is 0 Å². The Morgan fingerprint density at radius 1 is 0.704 bits per heavy atom. The highest BCUT2D eigenvalue weighted by atomic mass is 35.5. The Morgan fingerprint density at radius 2 is 1.19 bits per heavy atom. The second-order valence-corrected chi connectivity index (χ2v) is 7.76. The van der Waals surface area contributed by atoms with Gasteiger partial charge in [-0.3, -0.25) is 4.90 Å². The predicted octanol–water partition coefficient (Wildman–Crippen LogP) is 5.44. The summed E-state index contributed by atoms with van der Waals surface area (Å²) in [4.78, 5) is 7.34. The zero-order valence-corrected chi connectivity index (χ0v) is 16.3. The molecular formula is C23H22ClN3. The van der Waals surface area contributed by atoms with Gasteiger partial charge < -0.3 is 9.80 Å². The lowest BCUT2D eigenvalue weighted by molar-refractivity contribution is 0.0990. The normalized spacial score (nSPS) is 21.0. The van der Waals surface area contributed by atoms with E-state index >= 15 is 0 Å². The molecule has 3 nitrogen and oxygen atoms in total. The van der Waals surface area contributed by atoms with Gasteiger partial charge in [0.15, 0.2) is 0 Å². The minimum absolute atomic E-state index is 0.175. The van der Waals surface area contributed by atoms with Gasteiger partial charge in [0.1, 0.15) is 12.3 Å². The van der Waals surface area contributed by atoms with Crippen LogP contribution in [-0.4, -0.2) is 19.0 Å². The summed E-state index contributed by atoms with van der Waals surface area (Å²) in [6.45, 7) is 0.798.